The highest BCUT2D eigenvalue weighted by atomic mass is 15.0. The molecule has 0 spiro atoms. The zero-order valence-corrected chi connectivity index (χ0v) is 8.62. The van der Waals surface area contributed by atoms with Crippen molar-refractivity contribution in [3.63, 3.8) is 0 Å². The van der Waals surface area contributed by atoms with E-state index in [2.05, 4.69) is 28.2 Å². The van der Waals surface area contributed by atoms with Crippen molar-refractivity contribution >= 4 is 5.65 Å². The van der Waals surface area contributed by atoms with E-state index in [9.17, 15) is 0 Å². The Kier molecular flexibility index (Phi) is 2.12. The van der Waals surface area contributed by atoms with Crippen LogP contribution in [0.2, 0.25) is 0 Å². The summed E-state index contributed by atoms with van der Waals surface area (Å²) in [5, 5.41) is 0. The summed E-state index contributed by atoms with van der Waals surface area (Å²) in [6.07, 6.45) is 5.09. The van der Waals surface area contributed by atoms with E-state index in [1.165, 1.54) is 11.1 Å². The second-order valence-corrected chi connectivity index (χ2v) is 3.82. The topological polar surface area (TPSA) is 17.3 Å². The number of hydrogen-bond donors (Lipinski definition) is 0. The van der Waals surface area contributed by atoms with Gasteiger partial charge in [-0.25, -0.2) is 4.98 Å². The summed E-state index contributed by atoms with van der Waals surface area (Å²) in [5.74, 6) is 0. The van der Waals surface area contributed by atoms with Crippen LogP contribution in [0.4, 0.5) is 0 Å². The molecule has 0 aliphatic rings. The molecule has 0 aliphatic carbocycles. The Morgan fingerprint density at radius 3 is 2.93 bits per heavy atom. The molecule has 0 amide bonds. The van der Waals surface area contributed by atoms with Crippen molar-refractivity contribution in [1.29, 1.82) is 0 Å². The average molecular weight is 186 g/mol. The molecule has 2 rings (SSSR count). The first-order valence-electron chi connectivity index (χ1n) is 4.74. The van der Waals surface area contributed by atoms with E-state index in [-0.39, 0.29) is 0 Å². The molecule has 2 heteroatoms. The van der Waals surface area contributed by atoms with Gasteiger partial charge in [-0.05, 0) is 31.9 Å². The van der Waals surface area contributed by atoms with Crippen LogP contribution < -0.4 is 0 Å². The van der Waals surface area contributed by atoms with Gasteiger partial charge in [0.05, 0.1) is 5.69 Å². The van der Waals surface area contributed by atoms with Crippen LogP contribution in [0.15, 0.2) is 36.7 Å². The van der Waals surface area contributed by atoms with E-state index in [1.807, 2.05) is 26.1 Å². The Morgan fingerprint density at radius 2 is 2.21 bits per heavy atom. The Labute approximate surface area is 83.9 Å². The van der Waals surface area contributed by atoms with Gasteiger partial charge in [0, 0.05) is 12.4 Å². The third kappa shape index (κ3) is 1.69. The van der Waals surface area contributed by atoms with Crippen LogP contribution in [-0.2, 0) is 6.42 Å². The molecule has 0 radical (unpaired) electrons. The van der Waals surface area contributed by atoms with E-state index < -0.39 is 0 Å². The van der Waals surface area contributed by atoms with Crippen LogP contribution >= 0.6 is 0 Å². The summed E-state index contributed by atoms with van der Waals surface area (Å²) in [6, 6.07) is 4.15. The highest BCUT2D eigenvalue weighted by Gasteiger charge is 1.99. The van der Waals surface area contributed by atoms with Gasteiger partial charge in [0.25, 0.3) is 0 Å². The molecule has 2 aromatic rings. The van der Waals surface area contributed by atoms with E-state index >= 15 is 0 Å². The maximum Gasteiger partial charge on any atom is 0.136 e. The number of rotatable bonds is 2. The fourth-order valence-electron chi connectivity index (χ4n) is 1.62. The average Bonchev–Trinajstić information content (AvgIpc) is 2.42. The summed E-state index contributed by atoms with van der Waals surface area (Å²) in [5.41, 5.74) is 4.52. The molecule has 2 heterocycles. The number of fused-ring (bicyclic) bond motifs is 1. The van der Waals surface area contributed by atoms with Crippen LogP contribution in [0.1, 0.15) is 18.2 Å². The predicted molar refractivity (Wildman–Crippen MR) is 58.4 cm³/mol. The van der Waals surface area contributed by atoms with Crippen molar-refractivity contribution in [3.8, 4) is 0 Å². The first-order chi connectivity index (χ1) is 6.65. The fraction of sp³-hybridized carbons (Fsp3) is 0.250. The highest BCUT2D eigenvalue weighted by molar-refractivity contribution is 5.41. The van der Waals surface area contributed by atoms with Crippen molar-refractivity contribution in [2.75, 3.05) is 0 Å². The third-order valence-corrected chi connectivity index (χ3v) is 2.14. The lowest BCUT2D eigenvalue weighted by Crippen LogP contribution is -1.90. The van der Waals surface area contributed by atoms with Crippen molar-refractivity contribution in [2.45, 2.75) is 20.3 Å². The molecule has 14 heavy (non-hydrogen) atoms. The van der Waals surface area contributed by atoms with Crippen molar-refractivity contribution in [3.05, 3.63) is 47.9 Å². The number of hydrogen-bond acceptors (Lipinski definition) is 1. The molecule has 0 saturated carbocycles. The quantitative estimate of drug-likeness (QED) is 0.659. The first kappa shape index (κ1) is 9.00. The molecule has 2 aromatic heterocycles. The monoisotopic (exact) mass is 186 g/mol. The summed E-state index contributed by atoms with van der Waals surface area (Å²) in [4.78, 5) is 4.37. The van der Waals surface area contributed by atoms with Gasteiger partial charge in [0.2, 0.25) is 0 Å². The summed E-state index contributed by atoms with van der Waals surface area (Å²) in [6.45, 7) is 7.96. The smallest absolute Gasteiger partial charge is 0.136 e. The second kappa shape index (κ2) is 3.29. The largest absolute Gasteiger partial charge is 0.307 e. The number of aromatic nitrogens is 2. The molecule has 0 unspecified atom stereocenters. The minimum Gasteiger partial charge on any atom is -0.307 e. The summed E-state index contributed by atoms with van der Waals surface area (Å²) >= 11 is 0. The van der Waals surface area contributed by atoms with Crippen molar-refractivity contribution in [2.24, 2.45) is 0 Å². The second-order valence-electron chi connectivity index (χ2n) is 3.82. The normalized spacial score (nSPS) is 10.7. The number of imidazole rings is 1. The van der Waals surface area contributed by atoms with E-state index in [1.54, 1.807) is 0 Å². The van der Waals surface area contributed by atoms with Gasteiger partial charge in [-0.2, -0.15) is 0 Å². The molecule has 0 fully saturated rings. The maximum atomic E-state index is 4.37. The molecule has 0 bridgehead atoms. The Hall–Kier alpha value is -1.57. The maximum absolute atomic E-state index is 4.37. The van der Waals surface area contributed by atoms with Crippen LogP contribution in [0, 0.1) is 6.92 Å². The van der Waals surface area contributed by atoms with Crippen LogP contribution in [-0.4, -0.2) is 9.38 Å². The fourth-order valence-corrected chi connectivity index (χ4v) is 1.62. The molecule has 0 N–H and O–H groups in total. The Bertz CT molecular complexity index is 480. The predicted octanol–water partition coefficient (Wildman–Crippen LogP) is 2.76. The van der Waals surface area contributed by atoms with Crippen molar-refractivity contribution < 1.29 is 0 Å². The minimum atomic E-state index is 0.938. The Morgan fingerprint density at radius 1 is 1.43 bits per heavy atom. The van der Waals surface area contributed by atoms with Gasteiger partial charge >= 0.3 is 0 Å². The first-order valence-corrected chi connectivity index (χ1v) is 4.74. The molecular weight excluding hydrogens is 172 g/mol. The van der Waals surface area contributed by atoms with Crippen LogP contribution in [0.5, 0.6) is 0 Å². The van der Waals surface area contributed by atoms with Crippen LogP contribution in [0.25, 0.3) is 5.65 Å². The van der Waals surface area contributed by atoms with Crippen molar-refractivity contribution in [1.82, 2.24) is 9.38 Å². The highest BCUT2D eigenvalue weighted by Crippen LogP contribution is 2.10. The molecule has 0 aliphatic heterocycles. The molecule has 2 nitrogen and oxygen atoms in total. The Balaban J connectivity index is 2.45. The zero-order chi connectivity index (χ0) is 10.1. The van der Waals surface area contributed by atoms with Gasteiger partial charge in [-0.3, -0.25) is 0 Å². The molecular formula is C12H14N2. The number of nitrogens with zero attached hydrogens (tertiary/aromatic N) is 2. The summed E-state index contributed by atoms with van der Waals surface area (Å²) < 4.78 is 2.06. The van der Waals surface area contributed by atoms with Gasteiger partial charge < -0.3 is 4.40 Å². The lowest BCUT2D eigenvalue weighted by atomic mass is 10.1. The lowest BCUT2D eigenvalue weighted by molar-refractivity contribution is 1.08. The lowest BCUT2D eigenvalue weighted by Gasteiger charge is -2.01. The minimum absolute atomic E-state index is 0.938. The number of aryl methyl sites for hydroxylation is 1. The van der Waals surface area contributed by atoms with E-state index in [0.717, 1.165) is 17.8 Å². The zero-order valence-electron chi connectivity index (χ0n) is 8.62. The van der Waals surface area contributed by atoms with Crippen LogP contribution in [0.3, 0.4) is 0 Å². The van der Waals surface area contributed by atoms with Gasteiger partial charge in [0.15, 0.2) is 0 Å². The van der Waals surface area contributed by atoms with Gasteiger partial charge in [0.1, 0.15) is 5.65 Å². The van der Waals surface area contributed by atoms with Gasteiger partial charge in [-0.1, -0.05) is 18.2 Å². The summed E-state index contributed by atoms with van der Waals surface area (Å²) in [7, 11) is 0. The molecule has 0 atom stereocenters. The number of allylic oxidation sites excluding steroid dienone is 1. The van der Waals surface area contributed by atoms with E-state index in [0.29, 0.717) is 0 Å². The number of pyridine rings is 1. The van der Waals surface area contributed by atoms with Gasteiger partial charge in [-0.15, -0.1) is 0 Å². The van der Waals surface area contributed by atoms with E-state index in [4.69, 9.17) is 0 Å². The molecule has 0 aromatic carbocycles. The third-order valence-electron chi connectivity index (χ3n) is 2.14. The molecule has 0 saturated heterocycles. The standard InChI is InChI=1S/C12H14N2/c1-9(2)6-11-4-5-12-13-10(3)7-14(12)8-11/h4-5,7-8H,1,6H2,2-3H3. The molecule has 72 valence electrons. The SMILES string of the molecule is C=C(C)Cc1ccc2nc(C)cn2c1.